The van der Waals surface area contributed by atoms with E-state index in [1.165, 1.54) is 48.5 Å². The number of carbonyl (C=O) groups excluding carboxylic acids is 1. The number of carbonyl (C=O) groups is 1. The van der Waals surface area contributed by atoms with Gasteiger partial charge in [0.2, 0.25) is 15.7 Å². The summed E-state index contributed by atoms with van der Waals surface area (Å²) in [5.74, 6) is -0.183. The molecule has 14 heteroatoms. The molecule has 1 aliphatic rings. The van der Waals surface area contributed by atoms with Crippen molar-refractivity contribution in [3.8, 4) is 17.4 Å². The Morgan fingerprint density at radius 1 is 1.08 bits per heavy atom. The van der Waals surface area contributed by atoms with Gasteiger partial charge < -0.3 is 24.2 Å². The van der Waals surface area contributed by atoms with Crippen LogP contribution in [0.25, 0.3) is 0 Å². The van der Waals surface area contributed by atoms with E-state index in [0.717, 1.165) is 6.33 Å². The molecular formula is C24H24N4O9S. The third-order valence-corrected chi connectivity index (χ3v) is 7.50. The summed E-state index contributed by atoms with van der Waals surface area (Å²) in [6.45, 7) is 2.55. The first kappa shape index (κ1) is 26.6. The van der Waals surface area contributed by atoms with Crippen LogP contribution < -0.4 is 9.64 Å². The molecule has 1 aliphatic heterocycles. The van der Waals surface area contributed by atoms with Gasteiger partial charge in [0.15, 0.2) is 0 Å². The normalized spacial score (nSPS) is 14.1. The van der Waals surface area contributed by atoms with Crippen LogP contribution in [0.15, 0.2) is 64.6 Å². The van der Waals surface area contributed by atoms with Crippen molar-refractivity contribution in [1.82, 2.24) is 9.97 Å². The third kappa shape index (κ3) is 5.91. The summed E-state index contributed by atoms with van der Waals surface area (Å²) in [4.78, 5) is 32.5. The number of aromatic hydroxyl groups is 1. The van der Waals surface area contributed by atoms with Crippen LogP contribution in [0.4, 0.5) is 16.3 Å². The number of hydrogen-bond donors (Lipinski definition) is 1. The lowest BCUT2D eigenvalue weighted by Gasteiger charge is -2.31. The maximum Gasteiger partial charge on any atom is 0.508 e. The van der Waals surface area contributed by atoms with Gasteiger partial charge in [-0.3, -0.25) is 10.1 Å². The largest absolute Gasteiger partial charge is 0.508 e. The van der Waals surface area contributed by atoms with Crippen molar-refractivity contribution in [2.45, 2.75) is 35.7 Å². The number of nitrogens with zero attached hydrogens (tertiary/aromatic N) is 4. The van der Waals surface area contributed by atoms with Crippen molar-refractivity contribution in [2.24, 2.45) is 0 Å². The summed E-state index contributed by atoms with van der Waals surface area (Å²) in [6, 6.07) is 10.4. The minimum Gasteiger partial charge on any atom is -0.508 e. The Kier molecular flexibility index (Phi) is 7.90. The molecule has 0 atom stereocenters. The smallest absolute Gasteiger partial charge is 0.508 e. The SMILES string of the molecule is CCOC(=O)OC1CCN(c2ncnc(Oc3ccc(S(=O)(=O)c4ccc(O)cc4)cc3)c2[N+](=O)[O-])CC1. The fourth-order valence-electron chi connectivity index (χ4n) is 3.85. The van der Waals surface area contributed by atoms with Crippen LogP contribution in [0.3, 0.4) is 0 Å². The molecule has 3 aromatic rings. The molecule has 0 unspecified atom stereocenters. The van der Waals surface area contributed by atoms with E-state index < -0.39 is 26.6 Å². The Balaban J connectivity index is 1.51. The number of phenolic OH excluding ortho intramolecular Hbond substituents is 1. The lowest BCUT2D eigenvalue weighted by atomic mass is 10.1. The van der Waals surface area contributed by atoms with Crippen molar-refractivity contribution in [2.75, 3.05) is 24.6 Å². The van der Waals surface area contributed by atoms with Gasteiger partial charge in [-0.25, -0.2) is 18.2 Å². The van der Waals surface area contributed by atoms with Gasteiger partial charge in [0, 0.05) is 25.9 Å². The number of benzene rings is 2. The number of sulfone groups is 1. The zero-order chi connectivity index (χ0) is 27.3. The van der Waals surface area contributed by atoms with E-state index in [4.69, 9.17) is 14.2 Å². The maximum absolute atomic E-state index is 12.8. The summed E-state index contributed by atoms with van der Waals surface area (Å²) in [5, 5.41) is 21.4. The number of nitro groups is 1. The van der Waals surface area contributed by atoms with Gasteiger partial charge in [0.1, 0.15) is 23.9 Å². The van der Waals surface area contributed by atoms with Gasteiger partial charge in [-0.15, -0.1) is 0 Å². The minimum absolute atomic E-state index is 0.00326. The highest BCUT2D eigenvalue weighted by Gasteiger charge is 2.32. The Bertz CT molecular complexity index is 1410. The van der Waals surface area contributed by atoms with Crippen LogP contribution in [-0.2, 0) is 19.3 Å². The highest BCUT2D eigenvalue weighted by atomic mass is 32.2. The van der Waals surface area contributed by atoms with Gasteiger partial charge in [0.05, 0.1) is 21.3 Å². The number of ether oxygens (including phenoxy) is 3. The Morgan fingerprint density at radius 3 is 2.26 bits per heavy atom. The minimum atomic E-state index is -3.85. The molecule has 0 spiro atoms. The number of rotatable bonds is 8. The van der Waals surface area contributed by atoms with E-state index in [1.54, 1.807) is 11.8 Å². The molecule has 1 aromatic heterocycles. The Morgan fingerprint density at radius 2 is 1.68 bits per heavy atom. The van der Waals surface area contributed by atoms with Crippen molar-refractivity contribution >= 4 is 27.5 Å². The number of anilines is 1. The second-order valence-corrected chi connectivity index (χ2v) is 10.1. The first-order valence-corrected chi connectivity index (χ1v) is 13.1. The fraction of sp³-hybridized carbons (Fsp3) is 0.292. The predicted molar refractivity (Wildman–Crippen MR) is 132 cm³/mol. The first-order chi connectivity index (χ1) is 18.2. The standard InChI is InChI=1S/C24H24N4O9S/c1-2-35-24(30)37-18-11-13-27(14-12-18)22-21(28(31)32)23(26-15-25-22)36-17-5-9-20(10-6-17)38(33,34)19-7-3-16(29)4-8-19/h3-10,15,18,29H,2,11-14H2,1H3. The number of piperidine rings is 1. The summed E-state index contributed by atoms with van der Waals surface area (Å²) >= 11 is 0. The van der Waals surface area contributed by atoms with E-state index >= 15 is 0 Å². The van der Waals surface area contributed by atoms with E-state index in [-0.39, 0.29) is 45.7 Å². The number of phenols is 1. The quantitative estimate of drug-likeness (QED) is 0.247. The van der Waals surface area contributed by atoms with Crippen LogP contribution >= 0.6 is 0 Å². The van der Waals surface area contributed by atoms with Crippen molar-refractivity contribution in [3.05, 3.63) is 65.0 Å². The molecule has 38 heavy (non-hydrogen) atoms. The Hall–Kier alpha value is -4.46. The second kappa shape index (κ2) is 11.3. The van der Waals surface area contributed by atoms with Crippen LogP contribution in [0.2, 0.25) is 0 Å². The summed E-state index contributed by atoms with van der Waals surface area (Å²) in [6.07, 6.45) is 0.859. The number of aromatic nitrogens is 2. The van der Waals surface area contributed by atoms with Gasteiger partial charge in [0.25, 0.3) is 0 Å². The summed E-state index contributed by atoms with van der Waals surface area (Å²) in [7, 11) is -3.85. The molecule has 1 saturated heterocycles. The van der Waals surface area contributed by atoms with Crippen LogP contribution in [0.5, 0.6) is 17.4 Å². The molecule has 1 fully saturated rings. The molecule has 13 nitrogen and oxygen atoms in total. The summed E-state index contributed by atoms with van der Waals surface area (Å²) < 4.78 is 41.3. The highest BCUT2D eigenvalue weighted by Crippen LogP contribution is 2.37. The van der Waals surface area contributed by atoms with E-state index in [2.05, 4.69) is 9.97 Å². The van der Waals surface area contributed by atoms with E-state index in [9.17, 15) is 28.4 Å². The number of hydrogen-bond acceptors (Lipinski definition) is 12. The molecule has 0 aliphatic carbocycles. The van der Waals surface area contributed by atoms with Crippen molar-refractivity contribution < 1.29 is 37.5 Å². The second-order valence-electron chi connectivity index (χ2n) is 8.17. The van der Waals surface area contributed by atoms with Crippen LogP contribution in [-0.4, -0.2) is 60.4 Å². The molecule has 0 radical (unpaired) electrons. The van der Waals surface area contributed by atoms with E-state index in [0.29, 0.717) is 25.9 Å². The molecule has 0 amide bonds. The average Bonchev–Trinajstić information content (AvgIpc) is 2.89. The fourth-order valence-corrected chi connectivity index (χ4v) is 5.11. The van der Waals surface area contributed by atoms with Crippen LogP contribution in [0, 0.1) is 10.1 Å². The average molecular weight is 545 g/mol. The zero-order valence-corrected chi connectivity index (χ0v) is 21.0. The lowest BCUT2D eigenvalue weighted by molar-refractivity contribution is -0.385. The lowest BCUT2D eigenvalue weighted by Crippen LogP contribution is -2.38. The molecule has 0 bridgehead atoms. The summed E-state index contributed by atoms with van der Waals surface area (Å²) in [5.41, 5.74) is -0.446. The van der Waals surface area contributed by atoms with Gasteiger partial charge in [-0.1, -0.05) is 0 Å². The molecule has 4 rings (SSSR count). The van der Waals surface area contributed by atoms with Gasteiger partial charge in [-0.2, -0.15) is 4.98 Å². The van der Waals surface area contributed by atoms with Gasteiger partial charge in [-0.05, 0) is 55.5 Å². The topological polar surface area (TPSA) is 171 Å². The zero-order valence-electron chi connectivity index (χ0n) is 20.2. The van der Waals surface area contributed by atoms with Gasteiger partial charge >= 0.3 is 17.7 Å². The highest BCUT2D eigenvalue weighted by molar-refractivity contribution is 7.91. The van der Waals surface area contributed by atoms with Crippen molar-refractivity contribution in [1.29, 1.82) is 0 Å². The third-order valence-electron chi connectivity index (χ3n) is 5.71. The predicted octanol–water partition coefficient (Wildman–Crippen LogP) is 3.86. The molecule has 1 N–H and O–H groups in total. The van der Waals surface area contributed by atoms with E-state index in [1.807, 2.05) is 0 Å². The molecule has 0 saturated carbocycles. The molecule has 2 heterocycles. The molecular weight excluding hydrogens is 520 g/mol. The maximum atomic E-state index is 12.8. The van der Waals surface area contributed by atoms with Crippen LogP contribution in [0.1, 0.15) is 19.8 Å². The molecule has 2 aromatic carbocycles. The monoisotopic (exact) mass is 544 g/mol. The Labute approximate surface area is 217 Å². The molecule has 200 valence electrons. The van der Waals surface area contributed by atoms with Crippen molar-refractivity contribution in [3.63, 3.8) is 0 Å². The first-order valence-electron chi connectivity index (χ1n) is 11.6.